The zero-order valence-electron chi connectivity index (χ0n) is 15.2. The van der Waals surface area contributed by atoms with E-state index < -0.39 is 30.4 Å². The maximum absolute atomic E-state index is 12.1. The van der Waals surface area contributed by atoms with Gasteiger partial charge in [-0.1, -0.05) is 25.7 Å². The van der Waals surface area contributed by atoms with Crippen molar-refractivity contribution < 1.29 is 24.2 Å². The average Bonchev–Trinajstić information content (AvgIpc) is 2.93. The summed E-state index contributed by atoms with van der Waals surface area (Å²) in [6, 6.07) is -1.34. The van der Waals surface area contributed by atoms with Gasteiger partial charge in [-0.25, -0.2) is 9.59 Å². The first-order valence-corrected chi connectivity index (χ1v) is 9.91. The molecule has 4 N–H and O–H groups in total. The van der Waals surface area contributed by atoms with Gasteiger partial charge in [0.2, 0.25) is 5.91 Å². The lowest BCUT2D eigenvalue weighted by Gasteiger charge is -2.32. The van der Waals surface area contributed by atoms with E-state index in [1.54, 1.807) is 0 Å². The minimum Gasteiger partial charge on any atom is -0.480 e. The van der Waals surface area contributed by atoms with Crippen molar-refractivity contribution >= 4 is 18.0 Å². The molecule has 0 spiro atoms. The Kier molecular flexibility index (Phi) is 6.04. The van der Waals surface area contributed by atoms with Gasteiger partial charge in [0, 0.05) is 0 Å². The molecule has 0 aliphatic heterocycles. The number of nitrogens with two attached hydrogens (primary N) is 1. The fourth-order valence-corrected chi connectivity index (χ4v) is 5.82. The van der Waals surface area contributed by atoms with E-state index in [-0.39, 0.29) is 0 Å². The van der Waals surface area contributed by atoms with E-state index in [9.17, 15) is 14.4 Å². The number of fused-ring (bicyclic) bond motifs is 3. The predicted octanol–water partition coefficient (Wildman–Crippen LogP) is 2.28. The van der Waals surface area contributed by atoms with Crippen LogP contribution in [0.1, 0.15) is 57.8 Å². The molecule has 0 heterocycles. The van der Waals surface area contributed by atoms with Crippen molar-refractivity contribution in [2.24, 2.45) is 35.3 Å². The first-order chi connectivity index (χ1) is 12.5. The molecule has 0 saturated heterocycles. The van der Waals surface area contributed by atoms with Gasteiger partial charge in [-0.05, 0) is 55.3 Å². The molecule has 7 heteroatoms. The number of hydrogen-bond acceptors (Lipinski definition) is 4. The number of alkyl carbamates (subject to hydrolysis) is 1. The van der Waals surface area contributed by atoms with Crippen LogP contribution >= 0.6 is 0 Å². The molecule has 26 heavy (non-hydrogen) atoms. The molecular formula is C19H30N2O5. The molecule has 0 radical (unpaired) electrons. The number of carboxylic acids is 1. The SMILES string of the molecule is NC(=O)CC(NC(=O)OCC1C2CCCCC2C2CCCCC21)C(=O)O. The topological polar surface area (TPSA) is 119 Å². The van der Waals surface area contributed by atoms with Crippen molar-refractivity contribution in [3.05, 3.63) is 0 Å². The van der Waals surface area contributed by atoms with Gasteiger partial charge in [-0.3, -0.25) is 4.79 Å². The summed E-state index contributed by atoms with van der Waals surface area (Å²) in [7, 11) is 0. The molecule has 3 aliphatic carbocycles. The molecule has 3 fully saturated rings. The van der Waals surface area contributed by atoms with Crippen molar-refractivity contribution in [1.29, 1.82) is 0 Å². The number of carbonyl (C=O) groups is 3. The quantitative estimate of drug-likeness (QED) is 0.666. The van der Waals surface area contributed by atoms with E-state index in [1.807, 2.05) is 0 Å². The highest BCUT2D eigenvalue weighted by molar-refractivity contribution is 5.86. The summed E-state index contributed by atoms with van der Waals surface area (Å²) in [5.74, 6) is 1.12. The van der Waals surface area contributed by atoms with Crippen LogP contribution in [-0.2, 0) is 14.3 Å². The highest BCUT2D eigenvalue weighted by Gasteiger charge is 2.51. The third-order valence-electron chi connectivity index (χ3n) is 6.80. The summed E-state index contributed by atoms with van der Waals surface area (Å²) in [4.78, 5) is 34.1. The maximum atomic E-state index is 12.1. The number of carbonyl (C=O) groups excluding carboxylic acids is 2. The maximum Gasteiger partial charge on any atom is 0.407 e. The van der Waals surface area contributed by atoms with E-state index in [4.69, 9.17) is 15.6 Å². The molecule has 5 unspecified atom stereocenters. The number of hydrogen-bond donors (Lipinski definition) is 3. The molecule has 0 aromatic rings. The molecule has 0 bridgehead atoms. The Bertz CT molecular complexity index is 530. The highest BCUT2D eigenvalue weighted by atomic mass is 16.5. The Hall–Kier alpha value is -1.79. The van der Waals surface area contributed by atoms with Crippen LogP contribution in [0.2, 0.25) is 0 Å². The zero-order valence-corrected chi connectivity index (χ0v) is 15.2. The fourth-order valence-electron chi connectivity index (χ4n) is 5.82. The van der Waals surface area contributed by atoms with Crippen LogP contribution in [0.15, 0.2) is 0 Å². The lowest BCUT2D eigenvalue weighted by Crippen LogP contribution is -2.44. The third kappa shape index (κ3) is 4.13. The Balaban J connectivity index is 1.58. The second-order valence-corrected chi connectivity index (χ2v) is 8.19. The van der Waals surface area contributed by atoms with Crippen LogP contribution in [0.5, 0.6) is 0 Å². The Morgan fingerprint density at radius 2 is 1.46 bits per heavy atom. The number of aliphatic carboxylic acids is 1. The van der Waals surface area contributed by atoms with Crippen LogP contribution in [0.4, 0.5) is 4.79 Å². The van der Waals surface area contributed by atoms with Crippen LogP contribution in [-0.4, -0.2) is 35.7 Å². The van der Waals surface area contributed by atoms with Crippen LogP contribution in [0.25, 0.3) is 0 Å². The molecule has 3 saturated carbocycles. The van der Waals surface area contributed by atoms with Gasteiger partial charge in [0.1, 0.15) is 6.04 Å². The summed E-state index contributed by atoms with van der Waals surface area (Å²) >= 11 is 0. The van der Waals surface area contributed by atoms with Gasteiger partial charge in [-0.2, -0.15) is 0 Å². The van der Waals surface area contributed by atoms with Crippen molar-refractivity contribution in [3.8, 4) is 0 Å². The van der Waals surface area contributed by atoms with Crippen LogP contribution in [0, 0.1) is 29.6 Å². The zero-order chi connectivity index (χ0) is 18.7. The summed E-state index contributed by atoms with van der Waals surface area (Å²) in [5.41, 5.74) is 5.03. The van der Waals surface area contributed by atoms with Gasteiger partial charge < -0.3 is 20.9 Å². The number of amides is 2. The van der Waals surface area contributed by atoms with E-state index in [0.717, 1.165) is 11.8 Å². The summed E-state index contributed by atoms with van der Waals surface area (Å²) < 4.78 is 5.42. The van der Waals surface area contributed by atoms with Crippen molar-refractivity contribution in [2.75, 3.05) is 6.61 Å². The normalized spacial score (nSPS) is 34.2. The summed E-state index contributed by atoms with van der Waals surface area (Å²) in [5, 5.41) is 11.3. The largest absolute Gasteiger partial charge is 0.480 e. The Labute approximate surface area is 154 Å². The second-order valence-electron chi connectivity index (χ2n) is 8.19. The first kappa shape index (κ1) is 19.0. The first-order valence-electron chi connectivity index (χ1n) is 9.91. The lowest BCUT2D eigenvalue weighted by atomic mass is 9.73. The molecule has 0 aromatic carbocycles. The molecule has 2 amide bonds. The number of nitrogens with one attached hydrogen (secondary N) is 1. The highest BCUT2D eigenvalue weighted by Crippen LogP contribution is 2.57. The lowest BCUT2D eigenvalue weighted by molar-refractivity contribution is -0.141. The standard InChI is InChI=1S/C19H30N2O5/c20-17(22)9-16(18(23)24)21-19(25)26-10-15-13-7-3-1-5-11(13)12-6-2-4-8-14(12)15/h11-16H,1-10H2,(H2,20,22)(H,21,25)(H,23,24). The van der Waals surface area contributed by atoms with Crippen molar-refractivity contribution in [2.45, 2.75) is 63.8 Å². The number of ether oxygens (including phenoxy) is 1. The smallest absolute Gasteiger partial charge is 0.407 e. The molecule has 7 nitrogen and oxygen atoms in total. The average molecular weight is 366 g/mol. The van der Waals surface area contributed by atoms with E-state index in [1.165, 1.54) is 51.4 Å². The minimum absolute atomic E-state index is 0.344. The van der Waals surface area contributed by atoms with Gasteiger partial charge in [0.05, 0.1) is 13.0 Å². The summed E-state index contributed by atoms with van der Waals surface area (Å²) in [6.45, 7) is 0.344. The number of rotatable bonds is 6. The summed E-state index contributed by atoms with van der Waals surface area (Å²) in [6.07, 6.45) is 8.94. The minimum atomic E-state index is -1.34. The van der Waals surface area contributed by atoms with Gasteiger partial charge >= 0.3 is 12.1 Å². The molecule has 3 aliphatic rings. The molecule has 5 atom stereocenters. The predicted molar refractivity (Wildman–Crippen MR) is 94.1 cm³/mol. The Morgan fingerprint density at radius 1 is 0.962 bits per heavy atom. The van der Waals surface area contributed by atoms with Gasteiger partial charge in [0.25, 0.3) is 0 Å². The van der Waals surface area contributed by atoms with Gasteiger partial charge in [-0.15, -0.1) is 0 Å². The fraction of sp³-hybridized carbons (Fsp3) is 0.842. The van der Waals surface area contributed by atoms with Gasteiger partial charge in [0.15, 0.2) is 0 Å². The third-order valence-corrected chi connectivity index (χ3v) is 6.80. The molecule has 146 valence electrons. The number of primary amides is 1. The molecule has 0 aromatic heterocycles. The van der Waals surface area contributed by atoms with E-state index in [2.05, 4.69) is 5.32 Å². The van der Waals surface area contributed by atoms with Crippen LogP contribution in [0.3, 0.4) is 0 Å². The Morgan fingerprint density at radius 3 is 1.92 bits per heavy atom. The second kappa shape index (κ2) is 8.27. The van der Waals surface area contributed by atoms with Crippen molar-refractivity contribution in [3.63, 3.8) is 0 Å². The van der Waals surface area contributed by atoms with E-state index in [0.29, 0.717) is 24.4 Å². The van der Waals surface area contributed by atoms with Crippen LogP contribution < -0.4 is 11.1 Å². The molecular weight excluding hydrogens is 336 g/mol. The van der Waals surface area contributed by atoms with Crippen molar-refractivity contribution in [1.82, 2.24) is 5.32 Å². The number of carboxylic acid groups (broad SMARTS) is 1. The van der Waals surface area contributed by atoms with E-state index >= 15 is 0 Å². The molecule has 3 rings (SSSR count). The monoisotopic (exact) mass is 366 g/mol.